The van der Waals surface area contributed by atoms with E-state index in [9.17, 15) is 19.7 Å². The number of nitrogens with zero attached hydrogens (tertiary/aromatic N) is 1. The number of benzene rings is 2. The van der Waals surface area contributed by atoms with Crippen LogP contribution in [0.15, 0.2) is 54.6 Å². The Labute approximate surface area is 125 Å². The number of imide groups is 1. The van der Waals surface area contributed by atoms with Crippen molar-refractivity contribution < 1.29 is 14.5 Å². The highest BCUT2D eigenvalue weighted by Crippen LogP contribution is 2.39. The van der Waals surface area contributed by atoms with E-state index in [-0.39, 0.29) is 18.0 Å². The predicted octanol–water partition coefficient (Wildman–Crippen LogP) is 1.93. The second kappa shape index (κ2) is 5.07. The molecule has 1 N–H and O–H groups in total. The molecule has 22 heavy (non-hydrogen) atoms. The average molecular weight is 296 g/mol. The van der Waals surface area contributed by atoms with Gasteiger partial charge in [-0.2, -0.15) is 0 Å². The summed E-state index contributed by atoms with van der Waals surface area (Å²) >= 11 is 0. The van der Waals surface area contributed by atoms with Gasteiger partial charge >= 0.3 is 0 Å². The van der Waals surface area contributed by atoms with Gasteiger partial charge < -0.3 is 0 Å². The van der Waals surface area contributed by atoms with E-state index in [1.165, 1.54) is 24.3 Å². The molecule has 0 aromatic heterocycles. The molecule has 6 heteroatoms. The first-order valence-electron chi connectivity index (χ1n) is 6.69. The molecule has 110 valence electrons. The number of hydrogen-bond acceptors (Lipinski definition) is 4. The van der Waals surface area contributed by atoms with Gasteiger partial charge in [0.25, 0.3) is 5.69 Å². The van der Waals surface area contributed by atoms with Gasteiger partial charge in [0, 0.05) is 18.6 Å². The minimum atomic E-state index is -1.13. The molecule has 6 nitrogen and oxygen atoms in total. The maximum absolute atomic E-state index is 12.5. The van der Waals surface area contributed by atoms with Crippen LogP contribution >= 0.6 is 0 Å². The number of amides is 2. The molecule has 0 aliphatic carbocycles. The zero-order valence-corrected chi connectivity index (χ0v) is 11.5. The lowest BCUT2D eigenvalue weighted by atomic mass is 9.73. The molecule has 1 aliphatic rings. The van der Waals surface area contributed by atoms with Gasteiger partial charge in [0.15, 0.2) is 0 Å². The number of carbonyl (C=O) groups is 2. The number of rotatable bonds is 3. The van der Waals surface area contributed by atoms with Crippen molar-refractivity contribution in [3.8, 4) is 0 Å². The zero-order chi connectivity index (χ0) is 15.7. The summed E-state index contributed by atoms with van der Waals surface area (Å²) in [5.74, 6) is -0.759. The van der Waals surface area contributed by atoms with E-state index in [4.69, 9.17) is 0 Å². The molecule has 0 spiro atoms. The van der Waals surface area contributed by atoms with Gasteiger partial charge in [-0.25, -0.2) is 0 Å². The summed E-state index contributed by atoms with van der Waals surface area (Å²) in [5.41, 5.74) is 0.0598. The molecular formula is C16H12N2O4. The van der Waals surface area contributed by atoms with Crippen LogP contribution in [-0.2, 0) is 15.0 Å². The summed E-state index contributed by atoms with van der Waals surface area (Å²) < 4.78 is 0. The first-order chi connectivity index (χ1) is 10.5. The van der Waals surface area contributed by atoms with E-state index >= 15 is 0 Å². The molecule has 1 heterocycles. The Morgan fingerprint density at radius 1 is 0.955 bits per heavy atom. The highest BCUT2D eigenvalue weighted by atomic mass is 16.6. The maximum atomic E-state index is 12.5. The second-order valence-corrected chi connectivity index (χ2v) is 5.13. The fourth-order valence-corrected chi connectivity index (χ4v) is 2.82. The molecule has 2 amide bonds. The SMILES string of the molecule is O=C1CC(c2ccccc2)(c2ccc([N+](=O)[O-])cc2)C(=O)N1. The smallest absolute Gasteiger partial charge is 0.269 e. The number of nitrogens with one attached hydrogen (secondary N) is 1. The molecule has 1 fully saturated rings. The van der Waals surface area contributed by atoms with Crippen molar-refractivity contribution in [2.24, 2.45) is 0 Å². The summed E-state index contributed by atoms with van der Waals surface area (Å²) in [6, 6.07) is 14.7. The topological polar surface area (TPSA) is 89.3 Å². The van der Waals surface area contributed by atoms with Crippen molar-refractivity contribution in [3.63, 3.8) is 0 Å². The maximum Gasteiger partial charge on any atom is 0.269 e. The Hall–Kier alpha value is -3.02. The van der Waals surface area contributed by atoms with Crippen LogP contribution in [0, 0.1) is 10.1 Å². The predicted molar refractivity (Wildman–Crippen MR) is 78.1 cm³/mol. The lowest BCUT2D eigenvalue weighted by Gasteiger charge is -2.26. The van der Waals surface area contributed by atoms with Crippen molar-refractivity contribution in [3.05, 3.63) is 75.8 Å². The van der Waals surface area contributed by atoms with Crippen LogP contribution in [0.3, 0.4) is 0 Å². The molecule has 1 aliphatic heterocycles. The monoisotopic (exact) mass is 296 g/mol. The Balaban J connectivity index is 2.17. The summed E-state index contributed by atoms with van der Waals surface area (Å²) in [6.07, 6.45) is -0.00629. The quantitative estimate of drug-likeness (QED) is 0.532. The normalized spacial score (nSPS) is 20.7. The van der Waals surface area contributed by atoms with Crippen molar-refractivity contribution >= 4 is 17.5 Å². The van der Waals surface area contributed by atoms with Gasteiger partial charge in [-0.05, 0) is 11.1 Å². The van der Waals surface area contributed by atoms with E-state index in [1.807, 2.05) is 6.07 Å². The van der Waals surface area contributed by atoms with Gasteiger partial charge in [-0.3, -0.25) is 25.0 Å². The number of non-ortho nitro benzene ring substituents is 1. The van der Waals surface area contributed by atoms with Crippen LogP contribution in [0.2, 0.25) is 0 Å². The first-order valence-corrected chi connectivity index (χ1v) is 6.69. The Bertz CT molecular complexity index is 755. The molecule has 1 atom stereocenters. The highest BCUT2D eigenvalue weighted by molar-refractivity contribution is 6.11. The van der Waals surface area contributed by atoms with Crippen molar-refractivity contribution in [1.29, 1.82) is 0 Å². The highest BCUT2D eigenvalue weighted by Gasteiger charge is 2.49. The average Bonchev–Trinajstić information content (AvgIpc) is 2.84. The van der Waals surface area contributed by atoms with Gasteiger partial charge in [0.2, 0.25) is 11.8 Å². The minimum Gasteiger partial charge on any atom is -0.295 e. The van der Waals surface area contributed by atoms with Crippen LogP contribution in [0.4, 0.5) is 5.69 Å². The van der Waals surface area contributed by atoms with Crippen LogP contribution in [0.25, 0.3) is 0 Å². The van der Waals surface area contributed by atoms with E-state index in [0.717, 1.165) is 0 Å². The third-order valence-corrected chi connectivity index (χ3v) is 3.90. The standard InChI is InChI=1S/C16H12N2O4/c19-14-10-16(15(20)17-14,11-4-2-1-3-5-11)12-6-8-13(9-7-12)18(21)22/h1-9H,10H2,(H,17,19,20). The fourth-order valence-electron chi connectivity index (χ4n) is 2.82. The second-order valence-electron chi connectivity index (χ2n) is 5.13. The van der Waals surface area contributed by atoms with Crippen LogP contribution < -0.4 is 5.32 Å². The number of hydrogen-bond donors (Lipinski definition) is 1. The minimum absolute atomic E-state index is 0.00629. The molecule has 0 radical (unpaired) electrons. The third-order valence-electron chi connectivity index (χ3n) is 3.90. The van der Waals surface area contributed by atoms with Crippen molar-refractivity contribution in [1.82, 2.24) is 5.32 Å². The van der Waals surface area contributed by atoms with E-state index in [0.29, 0.717) is 11.1 Å². The molecule has 1 saturated heterocycles. The molecule has 3 rings (SSSR count). The number of nitro groups is 1. The van der Waals surface area contributed by atoms with Crippen LogP contribution in [-0.4, -0.2) is 16.7 Å². The van der Waals surface area contributed by atoms with Gasteiger partial charge in [-0.15, -0.1) is 0 Å². The summed E-state index contributed by atoms with van der Waals surface area (Å²) in [4.78, 5) is 34.5. The summed E-state index contributed by atoms with van der Waals surface area (Å²) in [6.45, 7) is 0. The molecule has 0 bridgehead atoms. The molecule has 0 saturated carbocycles. The molecule has 2 aromatic rings. The van der Waals surface area contributed by atoms with Gasteiger partial charge in [0.05, 0.1) is 4.92 Å². The van der Waals surface area contributed by atoms with Gasteiger partial charge in [-0.1, -0.05) is 42.5 Å². The molecule has 1 unspecified atom stereocenters. The van der Waals surface area contributed by atoms with E-state index in [1.54, 1.807) is 24.3 Å². The lowest BCUT2D eigenvalue weighted by molar-refractivity contribution is -0.384. The Morgan fingerprint density at radius 3 is 2.05 bits per heavy atom. The fraction of sp³-hybridized carbons (Fsp3) is 0.125. The zero-order valence-electron chi connectivity index (χ0n) is 11.5. The van der Waals surface area contributed by atoms with Crippen LogP contribution in [0.5, 0.6) is 0 Å². The Kier molecular flexibility index (Phi) is 3.21. The Morgan fingerprint density at radius 2 is 1.55 bits per heavy atom. The summed E-state index contributed by atoms with van der Waals surface area (Å²) in [7, 11) is 0. The number of carbonyl (C=O) groups excluding carboxylic acids is 2. The molecule has 2 aromatic carbocycles. The largest absolute Gasteiger partial charge is 0.295 e. The van der Waals surface area contributed by atoms with Crippen molar-refractivity contribution in [2.75, 3.05) is 0 Å². The van der Waals surface area contributed by atoms with E-state index in [2.05, 4.69) is 5.32 Å². The summed E-state index contributed by atoms with van der Waals surface area (Å²) in [5, 5.41) is 13.1. The first kappa shape index (κ1) is 13.9. The van der Waals surface area contributed by atoms with E-state index < -0.39 is 16.2 Å². The lowest BCUT2D eigenvalue weighted by Crippen LogP contribution is -2.36. The number of nitro benzene ring substituents is 1. The van der Waals surface area contributed by atoms with Crippen molar-refractivity contribution in [2.45, 2.75) is 11.8 Å². The van der Waals surface area contributed by atoms with Crippen LogP contribution in [0.1, 0.15) is 17.5 Å². The molecular weight excluding hydrogens is 284 g/mol. The van der Waals surface area contributed by atoms with Gasteiger partial charge in [0.1, 0.15) is 5.41 Å². The third kappa shape index (κ3) is 2.05.